The van der Waals surface area contributed by atoms with Gasteiger partial charge in [0, 0.05) is 20.2 Å². The summed E-state index contributed by atoms with van der Waals surface area (Å²) in [7, 11) is 1.69. The van der Waals surface area contributed by atoms with Gasteiger partial charge in [0.2, 0.25) is 0 Å². The minimum atomic E-state index is 0.109. The molecule has 0 saturated heterocycles. The lowest BCUT2D eigenvalue weighted by Crippen LogP contribution is -2.18. The summed E-state index contributed by atoms with van der Waals surface area (Å²) in [6.07, 6.45) is 0. The van der Waals surface area contributed by atoms with Gasteiger partial charge in [-0.25, -0.2) is 0 Å². The van der Waals surface area contributed by atoms with E-state index < -0.39 is 0 Å². The van der Waals surface area contributed by atoms with E-state index in [-0.39, 0.29) is 6.61 Å². The van der Waals surface area contributed by atoms with Crippen LogP contribution in [0.4, 0.5) is 0 Å². The number of benzene rings is 1. The lowest BCUT2D eigenvalue weighted by Gasteiger charge is -2.04. The lowest BCUT2D eigenvalue weighted by molar-refractivity contribution is 0.199. The zero-order valence-electron chi connectivity index (χ0n) is 8.49. The van der Waals surface area contributed by atoms with Crippen LogP contribution in [0.2, 0.25) is 0 Å². The van der Waals surface area contributed by atoms with E-state index in [0.29, 0.717) is 0 Å². The van der Waals surface area contributed by atoms with Crippen LogP contribution in [-0.4, -0.2) is 25.4 Å². The quantitative estimate of drug-likeness (QED) is 0.663. The fourth-order valence-electron chi connectivity index (χ4n) is 1.17. The molecule has 0 aliphatic rings. The Morgan fingerprint density at radius 1 is 1.21 bits per heavy atom. The van der Waals surface area contributed by atoms with Gasteiger partial charge in [0.25, 0.3) is 0 Å². The van der Waals surface area contributed by atoms with Gasteiger partial charge in [-0.3, -0.25) is 0 Å². The summed E-state index contributed by atoms with van der Waals surface area (Å²) < 4.78 is 4.92. The third kappa shape index (κ3) is 3.87. The Morgan fingerprint density at radius 3 is 2.43 bits per heavy atom. The Kier molecular flexibility index (Phi) is 5.22. The summed E-state index contributed by atoms with van der Waals surface area (Å²) in [4.78, 5) is 0. The smallest absolute Gasteiger partial charge is 0.0681 e. The molecule has 0 aromatic heterocycles. The molecule has 0 saturated carbocycles. The van der Waals surface area contributed by atoms with Crippen LogP contribution in [0.3, 0.4) is 0 Å². The fourth-order valence-corrected chi connectivity index (χ4v) is 1.17. The number of nitrogens with one attached hydrogen (secondary N) is 1. The Morgan fingerprint density at radius 2 is 1.86 bits per heavy atom. The van der Waals surface area contributed by atoms with Crippen LogP contribution in [0.1, 0.15) is 11.1 Å². The average molecular weight is 195 g/mol. The van der Waals surface area contributed by atoms with Crippen molar-refractivity contribution in [2.75, 3.05) is 20.3 Å². The van der Waals surface area contributed by atoms with E-state index in [2.05, 4.69) is 5.32 Å². The second-order valence-electron chi connectivity index (χ2n) is 3.14. The van der Waals surface area contributed by atoms with Crippen LogP contribution in [0.5, 0.6) is 0 Å². The van der Waals surface area contributed by atoms with E-state index in [1.165, 1.54) is 5.56 Å². The molecule has 2 N–H and O–H groups in total. The molecule has 0 unspecified atom stereocenters. The second kappa shape index (κ2) is 6.54. The maximum atomic E-state index is 8.84. The highest BCUT2D eigenvalue weighted by molar-refractivity contribution is 5.21. The van der Waals surface area contributed by atoms with Crippen LogP contribution in [0.15, 0.2) is 24.3 Å². The predicted octanol–water partition coefficient (Wildman–Crippen LogP) is 0.915. The number of hydrogen-bond acceptors (Lipinski definition) is 3. The fraction of sp³-hybridized carbons (Fsp3) is 0.455. The first kappa shape index (κ1) is 11.2. The third-order valence-electron chi connectivity index (χ3n) is 2.02. The van der Waals surface area contributed by atoms with E-state index in [1.54, 1.807) is 7.11 Å². The van der Waals surface area contributed by atoms with Crippen molar-refractivity contribution in [1.29, 1.82) is 0 Å². The van der Waals surface area contributed by atoms with Gasteiger partial charge in [-0.15, -0.1) is 0 Å². The van der Waals surface area contributed by atoms with Crippen LogP contribution in [0.25, 0.3) is 0 Å². The van der Waals surface area contributed by atoms with Gasteiger partial charge >= 0.3 is 0 Å². The summed E-state index contributed by atoms with van der Waals surface area (Å²) >= 11 is 0. The number of ether oxygens (including phenoxy) is 1. The van der Waals surface area contributed by atoms with Gasteiger partial charge in [-0.2, -0.15) is 0 Å². The summed E-state index contributed by atoms with van der Waals surface area (Å²) in [6, 6.07) is 7.91. The number of methoxy groups -OCH3 is 1. The van der Waals surface area contributed by atoms with E-state index in [0.717, 1.165) is 25.3 Å². The minimum absolute atomic E-state index is 0.109. The zero-order chi connectivity index (χ0) is 10.2. The topological polar surface area (TPSA) is 41.5 Å². The SMILES string of the molecule is COCCNCc1ccc(CO)cc1. The number of aliphatic hydroxyl groups excluding tert-OH is 1. The molecule has 0 fully saturated rings. The van der Waals surface area contributed by atoms with Crippen molar-refractivity contribution in [2.45, 2.75) is 13.2 Å². The van der Waals surface area contributed by atoms with Gasteiger partial charge in [-0.1, -0.05) is 24.3 Å². The molecule has 0 spiro atoms. The highest BCUT2D eigenvalue weighted by atomic mass is 16.5. The molecule has 3 nitrogen and oxygen atoms in total. The monoisotopic (exact) mass is 195 g/mol. The molecule has 3 heteroatoms. The number of aliphatic hydroxyl groups is 1. The van der Waals surface area contributed by atoms with Crippen LogP contribution >= 0.6 is 0 Å². The second-order valence-corrected chi connectivity index (χ2v) is 3.14. The van der Waals surface area contributed by atoms with Crippen molar-refractivity contribution in [2.24, 2.45) is 0 Å². The first-order chi connectivity index (χ1) is 6.86. The number of rotatable bonds is 6. The van der Waals surface area contributed by atoms with Crippen molar-refractivity contribution in [3.05, 3.63) is 35.4 Å². The lowest BCUT2D eigenvalue weighted by atomic mass is 10.1. The van der Waals surface area contributed by atoms with E-state index in [9.17, 15) is 0 Å². The molecule has 0 aliphatic carbocycles. The molecule has 0 atom stereocenters. The third-order valence-corrected chi connectivity index (χ3v) is 2.02. The highest BCUT2D eigenvalue weighted by Gasteiger charge is 1.93. The Bertz CT molecular complexity index is 246. The van der Waals surface area contributed by atoms with Crippen molar-refractivity contribution in [1.82, 2.24) is 5.32 Å². The van der Waals surface area contributed by atoms with Crippen molar-refractivity contribution in [3.63, 3.8) is 0 Å². The molecular formula is C11H17NO2. The largest absolute Gasteiger partial charge is 0.392 e. The normalized spacial score (nSPS) is 10.4. The molecule has 0 amide bonds. The molecular weight excluding hydrogens is 178 g/mol. The first-order valence-electron chi connectivity index (χ1n) is 4.75. The molecule has 1 rings (SSSR count). The molecule has 78 valence electrons. The molecule has 1 aromatic rings. The van der Waals surface area contributed by atoms with Crippen LogP contribution in [-0.2, 0) is 17.9 Å². The molecule has 0 bridgehead atoms. The maximum absolute atomic E-state index is 8.84. The molecule has 14 heavy (non-hydrogen) atoms. The van der Waals surface area contributed by atoms with Gasteiger partial charge in [0.1, 0.15) is 0 Å². The van der Waals surface area contributed by atoms with Gasteiger partial charge < -0.3 is 15.2 Å². The number of hydrogen-bond donors (Lipinski definition) is 2. The average Bonchev–Trinajstić information content (AvgIpc) is 2.25. The highest BCUT2D eigenvalue weighted by Crippen LogP contribution is 2.03. The molecule has 1 aromatic carbocycles. The van der Waals surface area contributed by atoms with Crippen LogP contribution in [0, 0.1) is 0 Å². The standard InChI is InChI=1S/C11H17NO2/c1-14-7-6-12-8-10-2-4-11(9-13)5-3-10/h2-5,12-13H,6-9H2,1H3. The maximum Gasteiger partial charge on any atom is 0.0681 e. The zero-order valence-corrected chi connectivity index (χ0v) is 8.49. The Hall–Kier alpha value is -0.900. The minimum Gasteiger partial charge on any atom is -0.392 e. The summed E-state index contributed by atoms with van der Waals surface area (Å²) in [6.45, 7) is 2.54. The molecule has 0 radical (unpaired) electrons. The van der Waals surface area contributed by atoms with Gasteiger partial charge in [0.05, 0.1) is 13.2 Å². The summed E-state index contributed by atoms with van der Waals surface area (Å²) in [5.74, 6) is 0. The Balaban J connectivity index is 2.29. The van der Waals surface area contributed by atoms with Crippen molar-refractivity contribution >= 4 is 0 Å². The summed E-state index contributed by atoms with van der Waals surface area (Å²) in [5.41, 5.74) is 2.17. The van der Waals surface area contributed by atoms with E-state index >= 15 is 0 Å². The van der Waals surface area contributed by atoms with Gasteiger partial charge in [0.15, 0.2) is 0 Å². The summed E-state index contributed by atoms with van der Waals surface area (Å²) in [5, 5.41) is 12.1. The Labute approximate surface area is 84.7 Å². The molecule has 0 heterocycles. The van der Waals surface area contributed by atoms with Crippen molar-refractivity contribution in [3.8, 4) is 0 Å². The van der Waals surface area contributed by atoms with E-state index in [4.69, 9.17) is 9.84 Å². The first-order valence-corrected chi connectivity index (χ1v) is 4.75. The van der Waals surface area contributed by atoms with Gasteiger partial charge in [-0.05, 0) is 11.1 Å². The predicted molar refractivity (Wildman–Crippen MR) is 55.9 cm³/mol. The molecule has 0 aliphatic heterocycles. The van der Waals surface area contributed by atoms with Crippen LogP contribution < -0.4 is 5.32 Å². The van der Waals surface area contributed by atoms with Crippen molar-refractivity contribution < 1.29 is 9.84 Å². The van der Waals surface area contributed by atoms with E-state index in [1.807, 2.05) is 24.3 Å².